The number of halogens is 2. The lowest BCUT2D eigenvalue weighted by Gasteiger charge is -2.05. The summed E-state index contributed by atoms with van der Waals surface area (Å²) in [6.45, 7) is 1.92. The maximum Gasteiger partial charge on any atom is 0.266 e. The molecule has 3 nitrogen and oxygen atoms in total. The van der Waals surface area contributed by atoms with Crippen LogP contribution in [0.1, 0.15) is 11.1 Å². The van der Waals surface area contributed by atoms with Gasteiger partial charge in [-0.25, -0.2) is 0 Å². The Hall–Kier alpha value is -2.28. The van der Waals surface area contributed by atoms with Gasteiger partial charge in [0.2, 0.25) is 0 Å². The summed E-state index contributed by atoms with van der Waals surface area (Å²) in [6.07, 6.45) is 1.43. The predicted molar refractivity (Wildman–Crippen MR) is 89.9 cm³/mol. The number of rotatable bonds is 3. The fourth-order valence-electron chi connectivity index (χ4n) is 1.84. The third-order valence-electron chi connectivity index (χ3n) is 2.90. The molecule has 0 fully saturated rings. The van der Waals surface area contributed by atoms with Gasteiger partial charge in [0.15, 0.2) is 0 Å². The molecule has 2 aromatic carbocycles. The Morgan fingerprint density at radius 3 is 2.64 bits per heavy atom. The van der Waals surface area contributed by atoms with Crippen molar-refractivity contribution in [3.8, 4) is 6.07 Å². The molecule has 110 valence electrons. The van der Waals surface area contributed by atoms with Crippen LogP contribution >= 0.6 is 23.2 Å². The van der Waals surface area contributed by atoms with Gasteiger partial charge in [-0.05, 0) is 48.4 Å². The number of nitrogens with one attached hydrogen (secondary N) is 1. The molecule has 0 spiro atoms. The third-order valence-corrected chi connectivity index (χ3v) is 3.47. The van der Waals surface area contributed by atoms with Crippen LogP contribution in [0, 0.1) is 18.3 Å². The molecular weight excluding hydrogens is 319 g/mol. The van der Waals surface area contributed by atoms with E-state index in [1.54, 1.807) is 24.3 Å². The van der Waals surface area contributed by atoms with Crippen molar-refractivity contribution in [3.05, 3.63) is 69.2 Å². The number of nitrogens with zero attached hydrogens (tertiary/aromatic N) is 1. The van der Waals surface area contributed by atoms with Gasteiger partial charge < -0.3 is 5.32 Å². The van der Waals surface area contributed by atoms with Crippen LogP contribution in [0.4, 0.5) is 5.69 Å². The van der Waals surface area contributed by atoms with E-state index in [0.29, 0.717) is 21.3 Å². The summed E-state index contributed by atoms with van der Waals surface area (Å²) in [4.78, 5) is 12.2. The van der Waals surface area contributed by atoms with E-state index in [0.717, 1.165) is 5.56 Å². The highest BCUT2D eigenvalue weighted by molar-refractivity contribution is 6.35. The number of anilines is 1. The van der Waals surface area contributed by atoms with Gasteiger partial charge >= 0.3 is 0 Å². The van der Waals surface area contributed by atoms with Crippen LogP contribution in [0.5, 0.6) is 0 Å². The molecule has 1 amide bonds. The van der Waals surface area contributed by atoms with Crippen molar-refractivity contribution >= 4 is 40.9 Å². The summed E-state index contributed by atoms with van der Waals surface area (Å²) < 4.78 is 0. The SMILES string of the molecule is Cc1cccc(NC(=O)/C(C#N)=C/c2ccc(Cl)cc2Cl)c1. The molecule has 5 heteroatoms. The summed E-state index contributed by atoms with van der Waals surface area (Å²) in [5.74, 6) is -0.487. The van der Waals surface area contributed by atoms with Gasteiger partial charge in [-0.1, -0.05) is 41.4 Å². The monoisotopic (exact) mass is 330 g/mol. The molecule has 0 radical (unpaired) electrons. The van der Waals surface area contributed by atoms with Crippen LogP contribution in [-0.2, 0) is 4.79 Å². The van der Waals surface area contributed by atoms with Gasteiger partial charge in [0, 0.05) is 15.7 Å². The zero-order chi connectivity index (χ0) is 16.1. The van der Waals surface area contributed by atoms with E-state index in [9.17, 15) is 10.1 Å². The normalized spacial score (nSPS) is 10.9. The Morgan fingerprint density at radius 2 is 2.00 bits per heavy atom. The fourth-order valence-corrected chi connectivity index (χ4v) is 2.31. The number of benzene rings is 2. The number of nitriles is 1. The minimum absolute atomic E-state index is 0.0364. The largest absolute Gasteiger partial charge is 0.321 e. The topological polar surface area (TPSA) is 52.9 Å². The Labute approximate surface area is 138 Å². The second-order valence-corrected chi connectivity index (χ2v) is 5.50. The van der Waals surface area contributed by atoms with Gasteiger partial charge in [-0.15, -0.1) is 0 Å². The second kappa shape index (κ2) is 7.13. The van der Waals surface area contributed by atoms with Crippen molar-refractivity contribution < 1.29 is 4.79 Å². The highest BCUT2D eigenvalue weighted by atomic mass is 35.5. The maximum atomic E-state index is 12.2. The first-order valence-electron chi connectivity index (χ1n) is 6.44. The number of amides is 1. The highest BCUT2D eigenvalue weighted by Gasteiger charge is 2.10. The molecule has 0 heterocycles. The van der Waals surface area contributed by atoms with Crippen LogP contribution in [-0.4, -0.2) is 5.91 Å². The van der Waals surface area contributed by atoms with Crippen LogP contribution < -0.4 is 5.32 Å². The zero-order valence-electron chi connectivity index (χ0n) is 11.7. The third kappa shape index (κ3) is 4.11. The first-order valence-corrected chi connectivity index (χ1v) is 7.20. The molecule has 0 unspecified atom stereocenters. The van der Waals surface area contributed by atoms with E-state index in [4.69, 9.17) is 23.2 Å². The molecular formula is C17H12Cl2N2O. The van der Waals surface area contributed by atoms with Gasteiger partial charge in [-0.3, -0.25) is 4.79 Å². The van der Waals surface area contributed by atoms with Gasteiger partial charge in [0.25, 0.3) is 5.91 Å². The van der Waals surface area contributed by atoms with E-state index < -0.39 is 5.91 Å². The van der Waals surface area contributed by atoms with Crippen molar-refractivity contribution in [3.63, 3.8) is 0 Å². The highest BCUT2D eigenvalue weighted by Crippen LogP contribution is 2.23. The second-order valence-electron chi connectivity index (χ2n) is 4.66. The Bertz CT molecular complexity index is 791. The number of hydrogen-bond donors (Lipinski definition) is 1. The lowest BCUT2D eigenvalue weighted by molar-refractivity contribution is -0.112. The Balaban J connectivity index is 2.26. The summed E-state index contributed by atoms with van der Waals surface area (Å²) in [5.41, 5.74) is 2.17. The molecule has 0 aliphatic carbocycles. The molecule has 2 rings (SSSR count). The molecule has 0 atom stereocenters. The van der Waals surface area contributed by atoms with Crippen molar-refractivity contribution in [2.45, 2.75) is 6.92 Å². The van der Waals surface area contributed by atoms with Crippen molar-refractivity contribution in [2.75, 3.05) is 5.32 Å². The molecule has 0 aromatic heterocycles. The van der Waals surface area contributed by atoms with Crippen LogP contribution in [0.3, 0.4) is 0 Å². The summed E-state index contributed by atoms with van der Waals surface area (Å²) in [5, 5.41) is 12.7. The smallest absolute Gasteiger partial charge is 0.266 e. The summed E-state index contributed by atoms with van der Waals surface area (Å²) >= 11 is 11.9. The molecule has 22 heavy (non-hydrogen) atoms. The zero-order valence-corrected chi connectivity index (χ0v) is 13.2. The molecule has 0 aliphatic rings. The van der Waals surface area contributed by atoms with E-state index >= 15 is 0 Å². The average molecular weight is 331 g/mol. The maximum absolute atomic E-state index is 12.2. The van der Waals surface area contributed by atoms with Gasteiger partial charge in [-0.2, -0.15) is 5.26 Å². The number of carbonyl (C=O) groups is 1. The first-order chi connectivity index (χ1) is 10.5. The van der Waals surface area contributed by atoms with Crippen LogP contribution in [0.15, 0.2) is 48.0 Å². The Morgan fingerprint density at radius 1 is 1.23 bits per heavy atom. The van der Waals surface area contributed by atoms with Gasteiger partial charge in [0.05, 0.1) is 0 Å². The summed E-state index contributed by atoms with van der Waals surface area (Å²) in [7, 11) is 0. The molecule has 0 bridgehead atoms. The number of hydrogen-bond acceptors (Lipinski definition) is 2. The van der Waals surface area contributed by atoms with E-state index in [1.807, 2.05) is 31.2 Å². The summed E-state index contributed by atoms with van der Waals surface area (Å²) in [6, 6.07) is 14.1. The molecule has 1 N–H and O–H groups in total. The van der Waals surface area contributed by atoms with E-state index in [1.165, 1.54) is 6.08 Å². The quantitative estimate of drug-likeness (QED) is 0.646. The van der Waals surface area contributed by atoms with Crippen LogP contribution in [0.25, 0.3) is 6.08 Å². The van der Waals surface area contributed by atoms with Crippen molar-refractivity contribution in [1.82, 2.24) is 0 Å². The predicted octanol–water partition coefficient (Wildman–Crippen LogP) is 4.85. The van der Waals surface area contributed by atoms with E-state index in [-0.39, 0.29) is 5.57 Å². The average Bonchev–Trinajstić information content (AvgIpc) is 2.46. The minimum atomic E-state index is -0.487. The lowest BCUT2D eigenvalue weighted by Crippen LogP contribution is -2.13. The molecule has 0 saturated heterocycles. The lowest BCUT2D eigenvalue weighted by atomic mass is 10.1. The standard InChI is InChI=1S/C17H12Cl2N2O/c1-11-3-2-4-15(7-11)21-17(22)13(10-20)8-12-5-6-14(18)9-16(12)19/h2-9H,1H3,(H,21,22)/b13-8+. The molecule has 0 saturated carbocycles. The van der Waals surface area contributed by atoms with E-state index in [2.05, 4.69) is 5.32 Å². The number of aryl methyl sites for hydroxylation is 1. The fraction of sp³-hybridized carbons (Fsp3) is 0.0588. The molecule has 2 aromatic rings. The van der Waals surface area contributed by atoms with Crippen molar-refractivity contribution in [2.24, 2.45) is 0 Å². The van der Waals surface area contributed by atoms with Crippen LogP contribution in [0.2, 0.25) is 10.0 Å². The first kappa shape index (κ1) is 16.1. The van der Waals surface area contributed by atoms with Gasteiger partial charge in [0.1, 0.15) is 11.6 Å². The molecule has 0 aliphatic heterocycles. The van der Waals surface area contributed by atoms with Crippen molar-refractivity contribution in [1.29, 1.82) is 5.26 Å². The number of carbonyl (C=O) groups excluding carboxylic acids is 1. The minimum Gasteiger partial charge on any atom is -0.321 e. The Kier molecular flexibility index (Phi) is 5.21.